The van der Waals surface area contributed by atoms with Crippen molar-refractivity contribution in [3.63, 3.8) is 0 Å². The number of piperazine rings is 1. The first-order valence-electron chi connectivity index (χ1n) is 15.3. The number of nitrogens with zero attached hydrogens (tertiary/aromatic N) is 4. The molecule has 1 saturated heterocycles. The van der Waals surface area contributed by atoms with E-state index in [9.17, 15) is 9.59 Å². The smallest absolute Gasteiger partial charge is 0.252 e. The van der Waals surface area contributed by atoms with Crippen molar-refractivity contribution in [3.05, 3.63) is 52.0 Å². The first kappa shape index (κ1) is 31.2. The number of thiophene rings is 1. The van der Waals surface area contributed by atoms with Crippen LogP contribution in [0.15, 0.2) is 35.7 Å². The molecular weight excluding hydrogens is 532 g/mol. The number of hydrogen-bond donors (Lipinski definition) is 2. The number of rotatable bonds is 14. The van der Waals surface area contributed by atoms with Crippen LogP contribution in [0.2, 0.25) is 0 Å². The van der Waals surface area contributed by atoms with Crippen LogP contribution in [0.3, 0.4) is 0 Å². The third-order valence-corrected chi connectivity index (χ3v) is 9.00. The number of nitrogens with one attached hydrogen (secondary N) is 2. The minimum Gasteiger partial charge on any atom is -0.354 e. The molecule has 2 N–H and O–H groups in total. The summed E-state index contributed by atoms with van der Waals surface area (Å²) in [6, 6.07) is 9.76. The number of amides is 2. The molecule has 1 atom stereocenters. The molecule has 3 heterocycles. The van der Waals surface area contributed by atoms with Gasteiger partial charge in [0.25, 0.3) is 5.91 Å². The maximum absolute atomic E-state index is 13.4. The number of benzene rings is 1. The molecule has 3 aromatic rings. The highest BCUT2D eigenvalue weighted by Gasteiger charge is 2.24. The van der Waals surface area contributed by atoms with Gasteiger partial charge in [-0.05, 0) is 74.8 Å². The summed E-state index contributed by atoms with van der Waals surface area (Å²) < 4.78 is 2.36. The van der Waals surface area contributed by atoms with E-state index in [1.807, 2.05) is 18.2 Å². The Kier molecular flexibility index (Phi) is 11.4. The molecule has 0 radical (unpaired) electrons. The highest BCUT2D eigenvalue weighted by atomic mass is 32.1. The van der Waals surface area contributed by atoms with Crippen LogP contribution in [-0.4, -0.2) is 83.5 Å². The lowest BCUT2D eigenvalue weighted by atomic mass is 10.0. The van der Waals surface area contributed by atoms with E-state index in [2.05, 4.69) is 77.3 Å². The van der Waals surface area contributed by atoms with Gasteiger partial charge in [0.1, 0.15) is 11.9 Å². The van der Waals surface area contributed by atoms with Crippen molar-refractivity contribution < 1.29 is 9.59 Å². The average molecular weight is 581 g/mol. The van der Waals surface area contributed by atoms with Gasteiger partial charge >= 0.3 is 0 Å². The Morgan fingerprint density at radius 2 is 1.83 bits per heavy atom. The Morgan fingerprint density at radius 1 is 1.07 bits per heavy atom. The molecule has 1 fully saturated rings. The fourth-order valence-corrected chi connectivity index (χ4v) is 6.40. The van der Waals surface area contributed by atoms with Crippen molar-refractivity contribution in [1.29, 1.82) is 0 Å². The number of carbonyl (C=O) groups is 2. The second-order valence-corrected chi connectivity index (χ2v) is 12.8. The molecule has 1 aromatic carbocycles. The summed E-state index contributed by atoms with van der Waals surface area (Å²) in [6.45, 7) is 14.5. The van der Waals surface area contributed by atoms with E-state index in [0.717, 1.165) is 75.3 Å². The second-order valence-electron chi connectivity index (χ2n) is 11.8. The summed E-state index contributed by atoms with van der Waals surface area (Å²) in [5, 5.41) is 8.20. The zero-order valence-corrected chi connectivity index (χ0v) is 26.3. The van der Waals surface area contributed by atoms with E-state index in [0.29, 0.717) is 24.6 Å². The third kappa shape index (κ3) is 8.40. The van der Waals surface area contributed by atoms with Gasteiger partial charge in [-0.1, -0.05) is 33.8 Å². The lowest BCUT2D eigenvalue weighted by Crippen LogP contribution is -2.48. The summed E-state index contributed by atoms with van der Waals surface area (Å²) in [5.74, 6) is 0.960. The van der Waals surface area contributed by atoms with Crippen molar-refractivity contribution in [2.75, 3.05) is 46.3 Å². The zero-order chi connectivity index (χ0) is 29.4. The molecular formula is C32H48N6O2S. The average Bonchev–Trinajstić information content (AvgIpc) is 3.60. The van der Waals surface area contributed by atoms with Crippen molar-refractivity contribution in [2.45, 2.75) is 71.9 Å². The summed E-state index contributed by atoms with van der Waals surface area (Å²) in [5.41, 5.74) is 2.41. The molecule has 8 nitrogen and oxygen atoms in total. The number of likely N-dealkylation sites (N-methyl/N-ethyl adjacent to an activating group) is 1. The van der Waals surface area contributed by atoms with Crippen molar-refractivity contribution in [1.82, 2.24) is 30.0 Å². The molecule has 1 aliphatic heterocycles. The second kappa shape index (κ2) is 14.9. The van der Waals surface area contributed by atoms with Crippen molar-refractivity contribution >= 4 is 34.2 Å². The SMILES string of the molecule is CCC(CC)n1c(Cc2cccs2)nc2cc(C(=O)N[C@@H](CC(C)C)C(=O)NCCCN3CCN(C)CC3)ccc21. The predicted molar refractivity (Wildman–Crippen MR) is 169 cm³/mol. The molecule has 224 valence electrons. The number of imidazole rings is 1. The Morgan fingerprint density at radius 3 is 2.49 bits per heavy atom. The molecule has 0 unspecified atom stereocenters. The minimum absolute atomic E-state index is 0.109. The van der Waals surface area contributed by atoms with Crippen LogP contribution in [0.1, 0.15) is 80.5 Å². The van der Waals surface area contributed by atoms with Crippen LogP contribution in [0.5, 0.6) is 0 Å². The molecule has 1 aliphatic rings. The van der Waals surface area contributed by atoms with Gasteiger partial charge in [0.15, 0.2) is 0 Å². The van der Waals surface area contributed by atoms with Gasteiger partial charge in [-0.25, -0.2) is 4.98 Å². The van der Waals surface area contributed by atoms with Gasteiger partial charge in [-0.15, -0.1) is 11.3 Å². The van der Waals surface area contributed by atoms with E-state index >= 15 is 0 Å². The lowest BCUT2D eigenvalue weighted by molar-refractivity contribution is -0.123. The first-order chi connectivity index (χ1) is 19.8. The summed E-state index contributed by atoms with van der Waals surface area (Å²) in [7, 11) is 2.16. The molecule has 0 spiro atoms. The summed E-state index contributed by atoms with van der Waals surface area (Å²) in [6.07, 6.45) is 4.30. The van der Waals surface area contributed by atoms with E-state index in [-0.39, 0.29) is 17.7 Å². The zero-order valence-electron chi connectivity index (χ0n) is 25.5. The van der Waals surface area contributed by atoms with Gasteiger partial charge in [0.05, 0.1) is 11.0 Å². The summed E-state index contributed by atoms with van der Waals surface area (Å²) in [4.78, 5) is 37.6. The normalized spacial score (nSPS) is 15.6. The van der Waals surface area contributed by atoms with Gasteiger partial charge in [0.2, 0.25) is 5.91 Å². The van der Waals surface area contributed by atoms with Crippen LogP contribution < -0.4 is 10.6 Å². The van der Waals surface area contributed by atoms with Crippen molar-refractivity contribution in [3.8, 4) is 0 Å². The topological polar surface area (TPSA) is 82.5 Å². The van der Waals surface area contributed by atoms with E-state index in [1.54, 1.807) is 11.3 Å². The third-order valence-electron chi connectivity index (χ3n) is 8.12. The van der Waals surface area contributed by atoms with Crippen LogP contribution in [0.25, 0.3) is 11.0 Å². The maximum Gasteiger partial charge on any atom is 0.252 e. The number of hydrogen-bond acceptors (Lipinski definition) is 6. The van der Waals surface area contributed by atoms with Gasteiger partial charge in [0, 0.05) is 55.6 Å². The highest BCUT2D eigenvalue weighted by molar-refractivity contribution is 7.09. The van der Waals surface area contributed by atoms with Gasteiger partial charge in [-0.3, -0.25) is 9.59 Å². The Balaban J connectivity index is 1.43. The molecule has 4 rings (SSSR count). The van der Waals surface area contributed by atoms with Crippen molar-refractivity contribution in [2.24, 2.45) is 5.92 Å². The molecule has 2 aromatic heterocycles. The van der Waals surface area contributed by atoms with Gasteiger partial charge < -0.3 is 25.0 Å². The monoisotopic (exact) mass is 580 g/mol. The number of fused-ring (bicyclic) bond motifs is 1. The van der Waals surface area contributed by atoms with Crippen LogP contribution in [-0.2, 0) is 11.2 Å². The minimum atomic E-state index is -0.571. The van der Waals surface area contributed by atoms with Gasteiger partial charge in [-0.2, -0.15) is 0 Å². The molecule has 0 bridgehead atoms. The van der Waals surface area contributed by atoms with Crippen LogP contribution in [0.4, 0.5) is 0 Å². The Hall–Kier alpha value is -2.75. The first-order valence-corrected chi connectivity index (χ1v) is 16.2. The fourth-order valence-electron chi connectivity index (χ4n) is 5.70. The van der Waals surface area contributed by atoms with Crippen LogP contribution >= 0.6 is 11.3 Å². The van der Waals surface area contributed by atoms with E-state index in [4.69, 9.17) is 4.98 Å². The van der Waals surface area contributed by atoms with Crippen LogP contribution in [0, 0.1) is 5.92 Å². The van der Waals surface area contributed by atoms with E-state index < -0.39 is 6.04 Å². The molecule has 41 heavy (non-hydrogen) atoms. The quantitative estimate of drug-likeness (QED) is 0.264. The molecule has 9 heteroatoms. The molecule has 0 saturated carbocycles. The highest BCUT2D eigenvalue weighted by Crippen LogP contribution is 2.28. The van der Waals surface area contributed by atoms with E-state index in [1.165, 1.54) is 4.88 Å². The number of aromatic nitrogens is 2. The standard InChI is InChI=1S/C32H48N6O2S/c1-6-25(7-2)38-29-12-11-24(21-27(29)34-30(38)22-26-10-8-19-41-26)31(39)35-28(20-23(3)4)32(40)33-13-9-14-37-17-15-36(5)16-18-37/h8,10-12,19,21,23,25,28H,6-7,9,13-18,20,22H2,1-5H3,(H,33,40)(H,35,39)/t28-/m0/s1. The predicted octanol–water partition coefficient (Wildman–Crippen LogP) is 4.95. The fraction of sp³-hybridized carbons (Fsp3) is 0.594. The summed E-state index contributed by atoms with van der Waals surface area (Å²) >= 11 is 1.74. The number of carbonyl (C=O) groups excluding carboxylic acids is 2. The lowest BCUT2D eigenvalue weighted by Gasteiger charge is -2.32. The molecule has 0 aliphatic carbocycles. The molecule has 2 amide bonds. The Bertz CT molecular complexity index is 1260. The largest absolute Gasteiger partial charge is 0.354 e. The maximum atomic E-state index is 13.4. The Labute approximate surface area is 249 Å².